The number of rotatable bonds is 3. The molecule has 0 amide bonds. The van der Waals surface area contributed by atoms with Gasteiger partial charge in [-0.2, -0.15) is 0 Å². The molecule has 0 aliphatic heterocycles. The van der Waals surface area contributed by atoms with Crippen molar-refractivity contribution in [2.75, 3.05) is 0 Å². The van der Waals surface area contributed by atoms with Gasteiger partial charge in [0, 0.05) is 32.7 Å². The Balaban J connectivity index is 0. The Labute approximate surface area is 105 Å². The van der Waals surface area contributed by atoms with E-state index in [9.17, 15) is 4.79 Å². The van der Waals surface area contributed by atoms with E-state index in [2.05, 4.69) is 5.55 Å². The smallest absolute Gasteiger partial charge is 0.336 e. The number of carboxylic acids is 1. The van der Waals surface area contributed by atoms with Gasteiger partial charge in [-0.3, -0.25) is 0 Å². The molecule has 0 saturated carbocycles. The molecule has 1 aromatic rings. The van der Waals surface area contributed by atoms with E-state index < -0.39 is 5.97 Å². The average Bonchev–Trinajstić information content (AvgIpc) is 2.05. The van der Waals surface area contributed by atoms with Crippen molar-refractivity contribution in [1.29, 1.82) is 5.41 Å². The maximum Gasteiger partial charge on any atom is 0.336 e. The van der Waals surface area contributed by atoms with Gasteiger partial charge in [0.2, 0.25) is 0 Å². The zero-order chi connectivity index (χ0) is 8.97. The van der Waals surface area contributed by atoms with Crippen molar-refractivity contribution >= 4 is 23.3 Å². The van der Waals surface area contributed by atoms with Gasteiger partial charge >= 0.3 is 5.97 Å². The molecule has 6 heteroatoms. The normalized spacial score (nSPS) is 8.00. The number of nitrogens with one attached hydrogen (secondary N) is 1. The first-order chi connectivity index (χ1) is 5.75. The average molecular weight is 536 g/mol. The van der Waals surface area contributed by atoms with Crippen LogP contribution in [-0.2, 0) is 32.7 Å². The summed E-state index contributed by atoms with van der Waals surface area (Å²) >= 11 is 0.966. The maximum atomic E-state index is 10.6. The zero-order valence-corrected chi connectivity index (χ0v) is 17.4. The molecule has 2 N–H and O–H groups in total. The van der Waals surface area contributed by atoms with E-state index in [1.807, 2.05) is 0 Å². The first-order valence-corrected chi connectivity index (χ1v) is 3.98. The van der Waals surface area contributed by atoms with E-state index in [0.717, 1.165) is 11.8 Å². The van der Waals surface area contributed by atoms with E-state index in [0.29, 0.717) is 4.90 Å². The Bertz CT molecular complexity index is 322. The van der Waals surface area contributed by atoms with E-state index in [1.54, 1.807) is 18.2 Å². The van der Waals surface area contributed by atoms with Crippen molar-refractivity contribution in [1.82, 2.24) is 0 Å². The zero-order valence-electron chi connectivity index (χ0n) is 7.36. The second-order valence-electron chi connectivity index (χ2n) is 2.01. The molecule has 0 unspecified atom stereocenters. The minimum Gasteiger partial charge on any atom is -0.508 e. The van der Waals surface area contributed by atoms with Gasteiger partial charge in [-0.05, 0) is 11.0 Å². The van der Waals surface area contributed by atoms with Crippen molar-refractivity contribution < 1.29 is 42.6 Å². The second-order valence-corrected chi connectivity index (χ2v) is 2.85. The van der Waals surface area contributed by atoms with E-state index in [4.69, 9.17) is 10.5 Å². The fourth-order valence-electron chi connectivity index (χ4n) is 0.787. The molecule has 0 fully saturated rings. The summed E-state index contributed by atoms with van der Waals surface area (Å²) in [4.78, 5) is 11.1. The Kier molecular flexibility index (Phi) is 7.91. The van der Waals surface area contributed by atoms with Crippen molar-refractivity contribution in [2.45, 2.75) is 4.90 Å². The molecule has 1 radical (unpaired) electrons. The number of hydrogen-bond acceptors (Lipinski definition) is 3. The van der Waals surface area contributed by atoms with Crippen molar-refractivity contribution in [2.24, 2.45) is 0 Å². The molecule has 0 heterocycles. The quantitative estimate of drug-likeness (QED) is 0.269. The SMILES string of the molecule is N=[C-]Sc1ccccc1C(=O)O.[Rf].[Y]. The van der Waals surface area contributed by atoms with Gasteiger partial charge in [0.15, 0.2) is 0 Å². The summed E-state index contributed by atoms with van der Waals surface area (Å²) in [6.07, 6.45) is 0. The van der Waals surface area contributed by atoms with E-state index in [-0.39, 0.29) is 38.3 Å². The summed E-state index contributed by atoms with van der Waals surface area (Å²) in [5.74, 6) is -0.978. The number of hydrogen-bond donors (Lipinski definition) is 2. The molecular weight excluding hydrogens is 530 g/mol. The van der Waals surface area contributed by atoms with Crippen LogP contribution in [0.1, 0.15) is 10.4 Å². The standard InChI is InChI=1S/C8H6NO2S.Rf.Y/c9-5-12-7-4-2-1-3-6(7)8(10)11;;/h1-4,9H,(H,10,11);;/q-1;;. The summed E-state index contributed by atoms with van der Waals surface area (Å²) in [6.45, 7) is 0. The van der Waals surface area contributed by atoms with Gasteiger partial charge < -0.3 is 27.8 Å². The maximum absolute atomic E-state index is 10.6. The van der Waals surface area contributed by atoms with Gasteiger partial charge in [0.25, 0.3) is 0 Å². The Morgan fingerprint density at radius 1 is 1.43 bits per heavy atom. The molecule has 3 nitrogen and oxygen atoms in total. The van der Waals surface area contributed by atoms with Gasteiger partial charge in [0.1, 0.15) is 0 Å². The third-order valence-electron chi connectivity index (χ3n) is 1.28. The number of aromatic carboxylic acids is 1. The summed E-state index contributed by atoms with van der Waals surface area (Å²) in [5, 5.41) is 15.4. The molecule has 14 heavy (non-hydrogen) atoms. The summed E-state index contributed by atoms with van der Waals surface area (Å²) in [5.41, 5.74) is 2.29. The molecule has 0 aliphatic carbocycles. The van der Waals surface area contributed by atoms with Crippen molar-refractivity contribution in [3.8, 4) is 0 Å². The van der Waals surface area contributed by atoms with Crippen LogP contribution in [-0.4, -0.2) is 16.6 Å². The van der Waals surface area contributed by atoms with Crippen molar-refractivity contribution in [3.05, 3.63) is 29.8 Å². The molecule has 67 valence electrons. The molecule has 0 atom stereocenters. The molecule has 1 aromatic carbocycles. The van der Waals surface area contributed by atoms with Gasteiger partial charge in [0.05, 0.1) is 5.56 Å². The van der Waals surface area contributed by atoms with Crippen LogP contribution in [0.4, 0.5) is 0 Å². The Morgan fingerprint density at radius 2 is 2.00 bits per heavy atom. The van der Waals surface area contributed by atoms with Gasteiger partial charge in [-0.15, -0.1) is 0 Å². The van der Waals surface area contributed by atoms with Crippen LogP contribution in [0.3, 0.4) is 0 Å². The van der Waals surface area contributed by atoms with Crippen LogP contribution >= 0.6 is 11.8 Å². The van der Waals surface area contributed by atoms with Crippen LogP contribution in [0.15, 0.2) is 29.2 Å². The van der Waals surface area contributed by atoms with E-state index >= 15 is 0 Å². The molecule has 1 rings (SSSR count). The third kappa shape index (κ3) is 3.68. The van der Waals surface area contributed by atoms with Crippen LogP contribution in [0.5, 0.6) is 0 Å². The molecule has 0 bridgehead atoms. The van der Waals surface area contributed by atoms with E-state index in [1.165, 1.54) is 6.07 Å². The Morgan fingerprint density at radius 3 is 2.50 bits per heavy atom. The monoisotopic (exact) mass is 536 g/mol. The second kappa shape index (κ2) is 7.24. The molecule has 0 aliphatic rings. The van der Waals surface area contributed by atoms with Gasteiger partial charge in [-0.1, -0.05) is 18.2 Å². The minimum absolute atomic E-state index is 0. The predicted octanol–water partition coefficient (Wildman–Crippen LogP) is 1.96. The third-order valence-corrected chi connectivity index (χ3v) is 1.96. The Hall–Kier alpha value is -1.19. The number of carboxylic acid groups (broad SMARTS) is 1. The van der Waals surface area contributed by atoms with Crippen LogP contribution in [0.2, 0.25) is 0 Å². The number of benzene rings is 1. The van der Waals surface area contributed by atoms with Gasteiger partial charge in [-0.25, -0.2) is 4.79 Å². The molecular formula is C8H6NO2RfSY-. The number of carbonyl (C=O) groups is 1. The fraction of sp³-hybridized carbons (Fsp3) is 0. The first kappa shape index (κ1) is 15.3. The predicted molar refractivity (Wildman–Crippen MR) is 47.0 cm³/mol. The van der Waals surface area contributed by atoms with Crippen molar-refractivity contribution in [3.63, 3.8) is 0 Å². The van der Waals surface area contributed by atoms with Crippen LogP contribution < -0.4 is 0 Å². The summed E-state index contributed by atoms with van der Waals surface area (Å²) in [7, 11) is 0. The first-order valence-electron chi connectivity index (χ1n) is 3.16. The number of thioether (sulfide) groups is 1. The summed E-state index contributed by atoms with van der Waals surface area (Å²) in [6, 6.07) is 6.53. The van der Waals surface area contributed by atoms with Crippen LogP contribution in [0, 0.1) is 5.41 Å². The molecule has 0 spiro atoms. The minimum atomic E-state index is -0.978. The summed E-state index contributed by atoms with van der Waals surface area (Å²) < 4.78 is 0. The fourth-order valence-corrected chi connectivity index (χ4v) is 1.31. The molecule has 0 saturated heterocycles. The molecule has 0 aromatic heterocycles. The van der Waals surface area contributed by atoms with Crippen LogP contribution in [0.25, 0.3) is 0 Å². The topological polar surface area (TPSA) is 61.2 Å². The largest absolute Gasteiger partial charge is 0.508 e.